The van der Waals surface area contributed by atoms with E-state index in [1.165, 1.54) is 11.1 Å². The Kier molecular flexibility index (Phi) is 3.58. The minimum Gasteiger partial charge on any atom is -0.388 e. The molecule has 1 aromatic carbocycles. The zero-order valence-corrected chi connectivity index (χ0v) is 11.2. The van der Waals surface area contributed by atoms with Crippen LogP contribution in [-0.4, -0.2) is 9.97 Å². The predicted molar refractivity (Wildman–Crippen MR) is 79.3 cm³/mol. The number of nitrogens with one attached hydrogen (secondary N) is 1. The Morgan fingerprint density at radius 1 is 1.22 bits per heavy atom. The zero-order valence-electron chi connectivity index (χ0n) is 10.4. The molecule has 92 valence electrons. The number of aromatic nitrogens is 1. The molecule has 0 bridgehead atoms. The molecule has 0 fully saturated rings. The number of nitrogens with two attached hydrogens (primary N) is 1. The molecule has 0 amide bonds. The van der Waals surface area contributed by atoms with Crippen LogP contribution in [0.1, 0.15) is 16.8 Å². The lowest BCUT2D eigenvalue weighted by Gasteiger charge is -2.11. The zero-order chi connectivity index (χ0) is 13.1. The first-order chi connectivity index (χ1) is 8.58. The third kappa shape index (κ3) is 2.65. The molecule has 3 N–H and O–H groups in total. The molecule has 0 saturated heterocycles. The highest BCUT2D eigenvalue weighted by molar-refractivity contribution is 7.80. The number of pyridine rings is 1. The standard InChI is InChI=1S/C14H15N3S/c1-9-4-3-5-12(10(9)2)17-11-6-7-13(14(15)18)16-8-11/h3-8,17H,1-2H3,(H2,15,18). The fraction of sp³-hybridized carbons (Fsp3) is 0.143. The van der Waals surface area contributed by atoms with E-state index < -0.39 is 0 Å². The van der Waals surface area contributed by atoms with E-state index in [-0.39, 0.29) is 0 Å². The van der Waals surface area contributed by atoms with Gasteiger partial charge in [0.05, 0.1) is 17.6 Å². The molecule has 18 heavy (non-hydrogen) atoms. The summed E-state index contributed by atoms with van der Waals surface area (Å²) in [7, 11) is 0. The lowest BCUT2D eigenvalue weighted by Crippen LogP contribution is -2.11. The molecule has 0 aliphatic rings. The summed E-state index contributed by atoms with van der Waals surface area (Å²) in [6.07, 6.45) is 1.73. The molecular formula is C14H15N3S. The van der Waals surface area contributed by atoms with Gasteiger partial charge >= 0.3 is 0 Å². The highest BCUT2D eigenvalue weighted by atomic mass is 32.1. The molecule has 2 rings (SSSR count). The molecular weight excluding hydrogens is 242 g/mol. The first-order valence-electron chi connectivity index (χ1n) is 5.67. The number of hydrogen-bond donors (Lipinski definition) is 2. The van der Waals surface area contributed by atoms with Crippen LogP contribution in [0.15, 0.2) is 36.5 Å². The quantitative estimate of drug-likeness (QED) is 0.830. The number of benzene rings is 1. The molecule has 0 aliphatic heterocycles. The second-order valence-electron chi connectivity index (χ2n) is 4.17. The van der Waals surface area contributed by atoms with Gasteiger partial charge in [-0.05, 0) is 43.2 Å². The normalized spacial score (nSPS) is 10.1. The van der Waals surface area contributed by atoms with E-state index in [9.17, 15) is 0 Å². The maximum atomic E-state index is 5.51. The van der Waals surface area contributed by atoms with Crippen molar-refractivity contribution in [1.82, 2.24) is 4.98 Å². The van der Waals surface area contributed by atoms with Gasteiger partial charge in [0.2, 0.25) is 0 Å². The second-order valence-corrected chi connectivity index (χ2v) is 4.61. The van der Waals surface area contributed by atoms with Gasteiger partial charge in [-0.2, -0.15) is 0 Å². The fourth-order valence-corrected chi connectivity index (χ4v) is 1.78. The van der Waals surface area contributed by atoms with Crippen molar-refractivity contribution in [1.29, 1.82) is 0 Å². The number of rotatable bonds is 3. The monoisotopic (exact) mass is 257 g/mol. The van der Waals surface area contributed by atoms with Crippen molar-refractivity contribution in [3.8, 4) is 0 Å². The molecule has 0 radical (unpaired) electrons. The van der Waals surface area contributed by atoms with Crippen molar-refractivity contribution in [3.63, 3.8) is 0 Å². The third-order valence-corrected chi connectivity index (χ3v) is 3.11. The largest absolute Gasteiger partial charge is 0.388 e. The van der Waals surface area contributed by atoms with Crippen molar-refractivity contribution < 1.29 is 0 Å². The summed E-state index contributed by atoms with van der Waals surface area (Å²) in [5.41, 5.74) is 10.6. The molecule has 0 aliphatic carbocycles. The Balaban J connectivity index is 2.24. The van der Waals surface area contributed by atoms with E-state index >= 15 is 0 Å². The number of thiocarbonyl (C=S) groups is 1. The SMILES string of the molecule is Cc1cccc(Nc2ccc(C(N)=S)nc2)c1C. The Morgan fingerprint density at radius 3 is 2.61 bits per heavy atom. The van der Waals surface area contributed by atoms with E-state index in [1.54, 1.807) is 6.20 Å². The van der Waals surface area contributed by atoms with Crippen molar-refractivity contribution >= 4 is 28.6 Å². The average molecular weight is 257 g/mol. The highest BCUT2D eigenvalue weighted by Gasteiger charge is 2.02. The van der Waals surface area contributed by atoms with Crippen molar-refractivity contribution in [2.24, 2.45) is 5.73 Å². The van der Waals surface area contributed by atoms with Crippen LogP contribution in [-0.2, 0) is 0 Å². The van der Waals surface area contributed by atoms with Gasteiger partial charge in [-0.25, -0.2) is 0 Å². The van der Waals surface area contributed by atoms with Crippen molar-refractivity contribution in [2.75, 3.05) is 5.32 Å². The molecule has 1 aromatic heterocycles. The van der Waals surface area contributed by atoms with Crippen LogP contribution < -0.4 is 11.1 Å². The summed E-state index contributed by atoms with van der Waals surface area (Å²) in [5, 5.41) is 3.33. The topological polar surface area (TPSA) is 50.9 Å². The predicted octanol–water partition coefficient (Wildman–Crippen LogP) is 3.08. The molecule has 1 heterocycles. The van der Waals surface area contributed by atoms with Gasteiger partial charge in [-0.3, -0.25) is 4.98 Å². The smallest absolute Gasteiger partial charge is 0.122 e. The van der Waals surface area contributed by atoms with Gasteiger partial charge in [0.25, 0.3) is 0 Å². The third-order valence-electron chi connectivity index (χ3n) is 2.90. The molecule has 0 unspecified atom stereocenters. The molecule has 0 saturated carbocycles. The maximum absolute atomic E-state index is 5.51. The Morgan fingerprint density at radius 2 is 2.00 bits per heavy atom. The first kappa shape index (κ1) is 12.5. The number of nitrogens with zero attached hydrogens (tertiary/aromatic N) is 1. The Labute approximate surface area is 112 Å². The van der Waals surface area contributed by atoms with Crippen molar-refractivity contribution in [2.45, 2.75) is 13.8 Å². The summed E-state index contributed by atoms with van der Waals surface area (Å²) < 4.78 is 0. The summed E-state index contributed by atoms with van der Waals surface area (Å²) >= 11 is 4.87. The van der Waals surface area contributed by atoms with E-state index in [1.807, 2.05) is 24.3 Å². The van der Waals surface area contributed by atoms with Gasteiger partial charge in [0, 0.05) is 5.69 Å². The van der Waals surface area contributed by atoms with Crippen molar-refractivity contribution in [3.05, 3.63) is 53.3 Å². The van der Waals surface area contributed by atoms with Gasteiger partial charge in [-0.1, -0.05) is 24.4 Å². The maximum Gasteiger partial charge on any atom is 0.122 e. The molecule has 4 heteroatoms. The van der Waals surface area contributed by atoms with Crippen LogP contribution in [0.4, 0.5) is 11.4 Å². The highest BCUT2D eigenvalue weighted by Crippen LogP contribution is 2.22. The Bertz CT molecular complexity index is 576. The number of anilines is 2. The fourth-order valence-electron chi connectivity index (χ4n) is 1.66. The first-order valence-corrected chi connectivity index (χ1v) is 6.08. The molecule has 0 spiro atoms. The second kappa shape index (κ2) is 5.14. The van der Waals surface area contributed by atoms with Crippen LogP contribution in [0.2, 0.25) is 0 Å². The van der Waals surface area contributed by atoms with Crippen LogP contribution in [0, 0.1) is 13.8 Å². The van der Waals surface area contributed by atoms with Crippen LogP contribution in [0.3, 0.4) is 0 Å². The van der Waals surface area contributed by atoms with Gasteiger partial charge < -0.3 is 11.1 Å². The lowest BCUT2D eigenvalue weighted by atomic mass is 10.1. The van der Waals surface area contributed by atoms with E-state index in [2.05, 4.69) is 30.2 Å². The van der Waals surface area contributed by atoms with Crippen LogP contribution in [0.5, 0.6) is 0 Å². The van der Waals surface area contributed by atoms with Crippen LogP contribution >= 0.6 is 12.2 Å². The lowest BCUT2D eigenvalue weighted by molar-refractivity contribution is 1.28. The van der Waals surface area contributed by atoms with E-state index in [0.29, 0.717) is 10.7 Å². The van der Waals surface area contributed by atoms with E-state index in [0.717, 1.165) is 11.4 Å². The minimum atomic E-state index is 0.313. The number of hydrogen-bond acceptors (Lipinski definition) is 3. The molecule has 3 nitrogen and oxygen atoms in total. The van der Waals surface area contributed by atoms with Crippen LogP contribution in [0.25, 0.3) is 0 Å². The summed E-state index contributed by atoms with van der Waals surface area (Å²) in [6.45, 7) is 4.18. The Hall–Kier alpha value is -1.94. The summed E-state index contributed by atoms with van der Waals surface area (Å²) in [4.78, 5) is 4.51. The summed E-state index contributed by atoms with van der Waals surface area (Å²) in [5.74, 6) is 0. The molecule has 2 aromatic rings. The minimum absolute atomic E-state index is 0.313. The van der Waals surface area contributed by atoms with E-state index in [4.69, 9.17) is 18.0 Å². The van der Waals surface area contributed by atoms with Gasteiger partial charge in [0.1, 0.15) is 4.99 Å². The molecule has 0 atom stereocenters. The van der Waals surface area contributed by atoms with Gasteiger partial charge in [-0.15, -0.1) is 0 Å². The van der Waals surface area contributed by atoms with Gasteiger partial charge in [0.15, 0.2) is 0 Å². The summed E-state index contributed by atoms with van der Waals surface area (Å²) in [6, 6.07) is 9.90. The number of aryl methyl sites for hydroxylation is 1. The average Bonchev–Trinajstić information content (AvgIpc) is 2.36.